The maximum absolute atomic E-state index is 12.4. The van der Waals surface area contributed by atoms with Crippen molar-refractivity contribution in [2.24, 2.45) is 0 Å². The Hall–Kier alpha value is 1.15. The Bertz CT molecular complexity index is 262. The van der Waals surface area contributed by atoms with E-state index in [0.717, 1.165) is 6.42 Å². The number of rotatable bonds is 4. The maximum Gasteiger partial charge on any atom is 1.00 e. The quantitative estimate of drug-likeness (QED) is 0.637. The van der Waals surface area contributed by atoms with Crippen molar-refractivity contribution in [2.75, 3.05) is 19.7 Å². The molecule has 1 aliphatic rings. The van der Waals surface area contributed by atoms with E-state index < -0.39 is 12.4 Å². The predicted octanol–water partition coefficient (Wildman–Crippen LogP) is -0.567. The molecule has 0 bridgehead atoms. The number of hydrogen-bond acceptors (Lipinski definition) is 2. The Kier molecular flexibility index (Phi) is 8.19. The molecule has 0 aliphatic carbocycles. The molecule has 0 spiro atoms. The Morgan fingerprint density at radius 3 is 2.53 bits per heavy atom. The first-order chi connectivity index (χ1) is 7.34. The van der Waals surface area contributed by atoms with Crippen molar-refractivity contribution in [1.82, 2.24) is 4.90 Å². The van der Waals surface area contributed by atoms with Gasteiger partial charge in [0.05, 0.1) is 12.7 Å². The Morgan fingerprint density at radius 1 is 1.47 bits per heavy atom. The summed E-state index contributed by atoms with van der Waals surface area (Å²) in [6.45, 7) is 3.01. The molecule has 0 amide bonds. The van der Waals surface area contributed by atoms with Crippen molar-refractivity contribution < 1.29 is 69.1 Å². The van der Waals surface area contributed by atoms with E-state index in [1.54, 1.807) is 0 Å². The van der Waals surface area contributed by atoms with E-state index in [4.69, 9.17) is 4.74 Å². The van der Waals surface area contributed by atoms with Crippen LogP contribution >= 0.6 is 0 Å². The molecule has 1 aliphatic heterocycles. The molecule has 0 saturated carbocycles. The van der Waals surface area contributed by atoms with E-state index in [1.807, 2.05) is 18.7 Å². The molecule has 2 nitrogen and oxygen atoms in total. The second-order valence-corrected chi connectivity index (χ2v) is 4.37. The van der Waals surface area contributed by atoms with Crippen LogP contribution in [0.25, 0.3) is 0 Å². The Balaban J connectivity index is 0.00000256. The van der Waals surface area contributed by atoms with Crippen molar-refractivity contribution in [3.05, 3.63) is 12.1 Å². The third-order valence-electron chi connectivity index (χ3n) is 2.92. The summed E-state index contributed by atoms with van der Waals surface area (Å²) in [5.41, 5.74) is -0.618. The van der Waals surface area contributed by atoms with E-state index in [-0.39, 0.29) is 70.1 Å². The van der Waals surface area contributed by atoms with Crippen molar-refractivity contribution >= 4 is 6.98 Å². The minimum atomic E-state index is -4.92. The summed E-state index contributed by atoms with van der Waals surface area (Å²) in [5.74, 6) is 0. The fourth-order valence-electron chi connectivity index (χ4n) is 1.85. The average molecular weight is 275 g/mol. The zero-order valence-electron chi connectivity index (χ0n) is 10.8. The van der Waals surface area contributed by atoms with Crippen LogP contribution in [0.1, 0.15) is 20.3 Å². The van der Waals surface area contributed by atoms with E-state index in [2.05, 4.69) is 6.58 Å². The van der Waals surface area contributed by atoms with Gasteiger partial charge >= 0.3 is 58.4 Å². The molecule has 1 fully saturated rings. The van der Waals surface area contributed by atoms with Gasteiger partial charge in [-0.1, -0.05) is 6.92 Å². The van der Waals surface area contributed by atoms with Crippen LogP contribution in [-0.2, 0) is 4.74 Å². The summed E-state index contributed by atoms with van der Waals surface area (Å²) in [5, 5.41) is 0. The first-order valence-electron chi connectivity index (χ1n) is 5.57. The molecule has 1 rings (SSSR count). The molecule has 0 N–H and O–H groups in total. The largest absolute Gasteiger partial charge is 1.00 e. The van der Waals surface area contributed by atoms with Crippen molar-refractivity contribution in [3.63, 3.8) is 0 Å². The van der Waals surface area contributed by atoms with E-state index in [1.165, 1.54) is 0 Å². The molecule has 94 valence electrons. The van der Waals surface area contributed by atoms with Crippen molar-refractivity contribution in [2.45, 2.75) is 32.4 Å². The van der Waals surface area contributed by atoms with Gasteiger partial charge in [-0.2, -0.15) is 0 Å². The zero-order valence-corrected chi connectivity index (χ0v) is 13.9. The smallest absolute Gasteiger partial charge is 0.445 e. The van der Waals surface area contributed by atoms with Crippen LogP contribution in [0.5, 0.6) is 0 Å². The fraction of sp³-hybridized carbons (Fsp3) is 0.800. The fourth-order valence-corrected chi connectivity index (χ4v) is 1.85. The molecule has 2 atom stereocenters. The van der Waals surface area contributed by atoms with Gasteiger partial charge in [0.2, 0.25) is 0 Å². The van der Waals surface area contributed by atoms with Gasteiger partial charge in [-0.05, 0) is 19.9 Å². The van der Waals surface area contributed by atoms with Crippen LogP contribution in [0, 0.1) is 0 Å². The van der Waals surface area contributed by atoms with Gasteiger partial charge in [0.25, 0.3) is 0 Å². The zero-order chi connectivity index (χ0) is 12.3. The molecular weight excluding hydrogens is 257 g/mol. The molecule has 1 saturated heterocycles. The summed E-state index contributed by atoms with van der Waals surface area (Å²) in [4.78, 5) is 1.83. The number of nitrogens with zero attached hydrogens (tertiary/aromatic N) is 1. The second kappa shape index (κ2) is 7.67. The molecule has 0 aromatic rings. The average Bonchev–Trinajstić information content (AvgIpc) is 2.16. The van der Waals surface area contributed by atoms with Gasteiger partial charge < -0.3 is 17.7 Å². The van der Waals surface area contributed by atoms with Crippen molar-refractivity contribution in [1.29, 1.82) is 0 Å². The third kappa shape index (κ3) is 5.76. The first-order valence-corrected chi connectivity index (χ1v) is 5.57. The van der Waals surface area contributed by atoms with Crippen LogP contribution in [0.15, 0.2) is 12.1 Å². The van der Waals surface area contributed by atoms with Crippen LogP contribution in [0.2, 0.25) is 0 Å². The number of hydrogen-bond donors (Lipinski definition) is 0. The molecule has 0 aromatic carbocycles. The standard InChI is InChI=1S/C10H18BF3NO.K/c1-4-10-7-16-9(3)6-15(10)5-8(2)11(12,13)14;/h9-10H,2,4-7H2,1,3H3;/q-1;+1. The second-order valence-electron chi connectivity index (χ2n) is 4.37. The monoisotopic (exact) mass is 275 g/mol. The van der Waals surface area contributed by atoms with Crippen molar-refractivity contribution in [3.8, 4) is 0 Å². The molecule has 1 heterocycles. The molecule has 0 aromatic heterocycles. The third-order valence-corrected chi connectivity index (χ3v) is 2.92. The normalized spacial score (nSPS) is 26.4. The summed E-state index contributed by atoms with van der Waals surface area (Å²) < 4.78 is 42.7. The SMILES string of the molecule is C=C(CN1CC(C)OCC1CC)[B-](F)(F)F.[K+]. The first kappa shape index (κ1) is 18.2. The summed E-state index contributed by atoms with van der Waals surface area (Å²) in [6, 6.07) is 0.0751. The van der Waals surface area contributed by atoms with E-state index in [0.29, 0.717) is 13.2 Å². The Labute approximate surface area is 143 Å². The van der Waals surface area contributed by atoms with Crippen LogP contribution in [0.4, 0.5) is 12.9 Å². The summed E-state index contributed by atoms with van der Waals surface area (Å²) in [6.07, 6.45) is 0.793. The maximum atomic E-state index is 12.4. The van der Waals surface area contributed by atoms with Crippen LogP contribution < -0.4 is 51.4 Å². The summed E-state index contributed by atoms with van der Waals surface area (Å²) in [7, 11) is 0. The minimum absolute atomic E-state index is 0. The topological polar surface area (TPSA) is 12.5 Å². The van der Waals surface area contributed by atoms with E-state index in [9.17, 15) is 12.9 Å². The molecule has 0 radical (unpaired) electrons. The number of halogens is 3. The molecule has 7 heteroatoms. The van der Waals surface area contributed by atoms with Gasteiger partial charge in [-0.25, -0.2) is 0 Å². The van der Waals surface area contributed by atoms with Gasteiger partial charge in [0, 0.05) is 12.6 Å². The van der Waals surface area contributed by atoms with Gasteiger partial charge in [0.1, 0.15) is 0 Å². The van der Waals surface area contributed by atoms with Gasteiger partial charge in [-0.3, -0.25) is 4.90 Å². The molecule has 17 heavy (non-hydrogen) atoms. The number of ether oxygens (including phenoxy) is 1. The summed E-state index contributed by atoms with van der Waals surface area (Å²) >= 11 is 0. The molecule has 2 unspecified atom stereocenters. The van der Waals surface area contributed by atoms with E-state index >= 15 is 0 Å². The van der Waals surface area contributed by atoms with Crippen LogP contribution in [0.3, 0.4) is 0 Å². The molecular formula is C10H18BF3KNO. The van der Waals surface area contributed by atoms with Crippen LogP contribution in [-0.4, -0.2) is 43.7 Å². The predicted molar refractivity (Wildman–Crippen MR) is 59.3 cm³/mol. The number of morpholine rings is 1. The van der Waals surface area contributed by atoms with Gasteiger partial charge in [-0.15, -0.1) is 12.1 Å². The minimum Gasteiger partial charge on any atom is -0.445 e. The van der Waals surface area contributed by atoms with Gasteiger partial charge in [0.15, 0.2) is 0 Å². The Morgan fingerprint density at radius 2 is 2.06 bits per heavy atom.